The van der Waals surface area contributed by atoms with Crippen molar-refractivity contribution in [3.8, 4) is 11.6 Å². The molecular weight excluding hydrogens is 302 g/mol. The molecule has 0 saturated heterocycles. The predicted molar refractivity (Wildman–Crippen MR) is 80.7 cm³/mol. The van der Waals surface area contributed by atoms with E-state index in [4.69, 9.17) is 4.74 Å². The highest BCUT2D eigenvalue weighted by molar-refractivity contribution is 9.10. The summed E-state index contributed by atoms with van der Waals surface area (Å²) in [5, 5.41) is 2.16. The number of rotatable bonds is 2. The highest BCUT2D eigenvalue weighted by atomic mass is 79.9. The van der Waals surface area contributed by atoms with E-state index in [9.17, 15) is 0 Å². The van der Waals surface area contributed by atoms with Gasteiger partial charge < -0.3 is 4.74 Å². The van der Waals surface area contributed by atoms with Crippen LogP contribution in [0.5, 0.6) is 11.6 Å². The van der Waals surface area contributed by atoms with Crippen molar-refractivity contribution in [3.05, 3.63) is 64.8 Å². The smallest absolute Gasteiger partial charge is 0.227 e. The van der Waals surface area contributed by atoms with Crippen molar-refractivity contribution in [2.75, 3.05) is 0 Å². The second kappa shape index (κ2) is 5.02. The van der Waals surface area contributed by atoms with E-state index in [2.05, 4.69) is 33.0 Å². The van der Waals surface area contributed by atoms with Gasteiger partial charge in [0.1, 0.15) is 5.75 Å². The van der Waals surface area contributed by atoms with Crippen LogP contribution in [0.2, 0.25) is 0 Å². The summed E-state index contributed by atoms with van der Waals surface area (Å²) in [6.45, 7) is 1.97. The third-order valence-electron chi connectivity index (χ3n) is 2.86. The van der Waals surface area contributed by atoms with Crippen LogP contribution in [0.25, 0.3) is 10.8 Å². The zero-order valence-electron chi connectivity index (χ0n) is 10.4. The lowest BCUT2D eigenvalue weighted by Gasteiger charge is -2.09. The van der Waals surface area contributed by atoms with Crippen LogP contribution in [0.4, 0.5) is 0 Å². The molecule has 0 fully saturated rings. The van der Waals surface area contributed by atoms with Crippen LogP contribution >= 0.6 is 15.9 Å². The standard InChI is InChI=1S/C16H12BrNO/c1-11-10-12-4-2-3-5-15(12)16(18-11)19-14-8-6-13(17)7-9-14/h2-10H,1H3. The zero-order chi connectivity index (χ0) is 13.2. The maximum absolute atomic E-state index is 5.90. The molecule has 1 heterocycles. The topological polar surface area (TPSA) is 22.1 Å². The largest absolute Gasteiger partial charge is 0.438 e. The fraction of sp³-hybridized carbons (Fsp3) is 0.0625. The second-order valence-corrected chi connectivity index (χ2v) is 5.26. The number of ether oxygens (including phenoxy) is 1. The second-order valence-electron chi connectivity index (χ2n) is 4.35. The lowest BCUT2D eigenvalue weighted by molar-refractivity contribution is 0.468. The average molecular weight is 314 g/mol. The van der Waals surface area contributed by atoms with E-state index in [1.54, 1.807) is 0 Å². The van der Waals surface area contributed by atoms with Crippen LogP contribution in [-0.2, 0) is 0 Å². The zero-order valence-corrected chi connectivity index (χ0v) is 12.0. The SMILES string of the molecule is Cc1cc2ccccc2c(Oc2ccc(Br)cc2)n1. The van der Waals surface area contributed by atoms with Gasteiger partial charge in [0.05, 0.1) is 0 Å². The highest BCUT2D eigenvalue weighted by Crippen LogP contribution is 2.29. The molecule has 0 saturated carbocycles. The normalized spacial score (nSPS) is 10.6. The van der Waals surface area contributed by atoms with Crippen LogP contribution in [0.3, 0.4) is 0 Å². The van der Waals surface area contributed by atoms with E-state index in [1.807, 2.05) is 49.4 Å². The first-order valence-electron chi connectivity index (χ1n) is 6.02. The Labute approximate surface area is 120 Å². The molecule has 0 unspecified atom stereocenters. The number of pyridine rings is 1. The van der Waals surface area contributed by atoms with Gasteiger partial charge in [-0.2, -0.15) is 0 Å². The van der Waals surface area contributed by atoms with Crippen molar-refractivity contribution < 1.29 is 4.74 Å². The summed E-state index contributed by atoms with van der Waals surface area (Å²) in [5.74, 6) is 1.43. The lowest BCUT2D eigenvalue weighted by Crippen LogP contribution is -1.91. The van der Waals surface area contributed by atoms with Crippen LogP contribution in [0, 0.1) is 6.92 Å². The first-order chi connectivity index (χ1) is 9.22. The fourth-order valence-corrected chi connectivity index (χ4v) is 2.25. The van der Waals surface area contributed by atoms with Crippen molar-refractivity contribution >= 4 is 26.7 Å². The van der Waals surface area contributed by atoms with Gasteiger partial charge in [-0.1, -0.05) is 34.1 Å². The van der Waals surface area contributed by atoms with Crippen molar-refractivity contribution in [1.82, 2.24) is 4.98 Å². The number of benzene rings is 2. The number of hydrogen-bond donors (Lipinski definition) is 0. The minimum Gasteiger partial charge on any atom is -0.438 e. The van der Waals surface area contributed by atoms with E-state index in [1.165, 1.54) is 0 Å². The number of fused-ring (bicyclic) bond motifs is 1. The van der Waals surface area contributed by atoms with Crippen molar-refractivity contribution in [2.24, 2.45) is 0 Å². The number of hydrogen-bond acceptors (Lipinski definition) is 2. The van der Waals surface area contributed by atoms with E-state index in [0.29, 0.717) is 5.88 Å². The summed E-state index contributed by atoms with van der Waals surface area (Å²) in [6.07, 6.45) is 0. The Morgan fingerprint density at radius 1 is 1.00 bits per heavy atom. The summed E-state index contributed by atoms with van der Waals surface area (Å²) >= 11 is 3.41. The number of halogens is 1. The molecule has 2 nitrogen and oxygen atoms in total. The minimum absolute atomic E-state index is 0.651. The van der Waals surface area contributed by atoms with E-state index < -0.39 is 0 Å². The van der Waals surface area contributed by atoms with Crippen LogP contribution in [0.1, 0.15) is 5.69 Å². The van der Waals surface area contributed by atoms with Gasteiger partial charge in [-0.25, -0.2) is 4.98 Å². The van der Waals surface area contributed by atoms with E-state index in [-0.39, 0.29) is 0 Å². The summed E-state index contributed by atoms with van der Waals surface area (Å²) in [4.78, 5) is 4.49. The number of nitrogens with zero attached hydrogens (tertiary/aromatic N) is 1. The Morgan fingerprint density at radius 2 is 1.74 bits per heavy atom. The monoisotopic (exact) mass is 313 g/mol. The molecule has 3 aromatic rings. The fourth-order valence-electron chi connectivity index (χ4n) is 1.99. The van der Waals surface area contributed by atoms with Crippen LogP contribution in [0.15, 0.2) is 59.1 Å². The first kappa shape index (κ1) is 12.2. The molecule has 0 spiro atoms. The predicted octanol–water partition coefficient (Wildman–Crippen LogP) is 5.10. The van der Waals surface area contributed by atoms with E-state index in [0.717, 1.165) is 26.7 Å². The van der Waals surface area contributed by atoms with Gasteiger partial charge >= 0.3 is 0 Å². The number of aryl methyl sites for hydroxylation is 1. The molecule has 0 atom stereocenters. The quantitative estimate of drug-likeness (QED) is 0.656. The van der Waals surface area contributed by atoms with Crippen LogP contribution in [-0.4, -0.2) is 4.98 Å². The molecule has 0 amide bonds. The van der Waals surface area contributed by atoms with Crippen molar-refractivity contribution in [1.29, 1.82) is 0 Å². The maximum atomic E-state index is 5.90. The summed E-state index contributed by atoms with van der Waals surface area (Å²) in [6, 6.07) is 17.9. The minimum atomic E-state index is 0.651. The molecule has 0 radical (unpaired) electrons. The van der Waals surface area contributed by atoms with Gasteiger partial charge in [-0.15, -0.1) is 0 Å². The van der Waals surface area contributed by atoms with Crippen LogP contribution < -0.4 is 4.74 Å². The Morgan fingerprint density at radius 3 is 2.53 bits per heavy atom. The molecular formula is C16H12BrNO. The Balaban J connectivity index is 2.07. The van der Waals surface area contributed by atoms with Gasteiger partial charge in [0.25, 0.3) is 0 Å². The molecule has 3 rings (SSSR count). The Bertz CT molecular complexity index is 722. The molecule has 0 N–H and O–H groups in total. The molecule has 1 aromatic heterocycles. The Hall–Kier alpha value is -1.87. The van der Waals surface area contributed by atoms with Gasteiger partial charge in [0.15, 0.2) is 0 Å². The average Bonchev–Trinajstić information content (AvgIpc) is 2.41. The summed E-state index contributed by atoms with van der Waals surface area (Å²) in [5.41, 5.74) is 0.950. The van der Waals surface area contributed by atoms with Gasteiger partial charge in [-0.05, 0) is 48.7 Å². The first-order valence-corrected chi connectivity index (χ1v) is 6.81. The molecule has 0 aliphatic heterocycles. The maximum Gasteiger partial charge on any atom is 0.227 e. The molecule has 0 aliphatic carbocycles. The molecule has 2 aromatic carbocycles. The van der Waals surface area contributed by atoms with Gasteiger partial charge in [0.2, 0.25) is 5.88 Å². The lowest BCUT2D eigenvalue weighted by atomic mass is 10.1. The Kier molecular flexibility index (Phi) is 3.22. The van der Waals surface area contributed by atoms with Crippen molar-refractivity contribution in [2.45, 2.75) is 6.92 Å². The molecule has 0 bridgehead atoms. The number of aromatic nitrogens is 1. The van der Waals surface area contributed by atoms with Gasteiger partial charge in [-0.3, -0.25) is 0 Å². The molecule has 94 valence electrons. The summed E-state index contributed by atoms with van der Waals surface area (Å²) < 4.78 is 6.93. The molecule has 19 heavy (non-hydrogen) atoms. The third kappa shape index (κ3) is 2.61. The third-order valence-corrected chi connectivity index (χ3v) is 3.39. The molecule has 3 heteroatoms. The highest BCUT2D eigenvalue weighted by Gasteiger charge is 2.06. The van der Waals surface area contributed by atoms with Gasteiger partial charge in [0, 0.05) is 15.6 Å². The van der Waals surface area contributed by atoms with Crippen molar-refractivity contribution in [3.63, 3.8) is 0 Å². The molecule has 0 aliphatic rings. The summed E-state index contributed by atoms with van der Waals surface area (Å²) in [7, 11) is 0. The van der Waals surface area contributed by atoms with E-state index >= 15 is 0 Å².